The number of benzene rings is 1. The van der Waals surface area contributed by atoms with Gasteiger partial charge in [-0.05, 0) is 33.9 Å². The summed E-state index contributed by atoms with van der Waals surface area (Å²) in [5, 5.41) is 9.11. The first-order valence-corrected chi connectivity index (χ1v) is 5.13. The number of hydrogen-bond donors (Lipinski definition) is 1. The van der Waals surface area contributed by atoms with Crippen molar-refractivity contribution in [3.05, 3.63) is 29.6 Å². The fourth-order valence-corrected chi connectivity index (χ4v) is 1.52. The number of nitrogens with zero attached hydrogens (tertiary/aromatic N) is 1. The minimum atomic E-state index is -0.352. The van der Waals surface area contributed by atoms with Crippen LogP contribution in [0.1, 0.15) is 32.4 Å². The van der Waals surface area contributed by atoms with E-state index in [9.17, 15) is 4.39 Å². The van der Waals surface area contributed by atoms with Crippen LogP contribution in [0.2, 0.25) is 0 Å². The molecule has 0 aliphatic heterocycles. The summed E-state index contributed by atoms with van der Waals surface area (Å²) < 4.78 is 13.5. The zero-order chi connectivity index (χ0) is 11.6. The van der Waals surface area contributed by atoms with Crippen molar-refractivity contribution in [3.63, 3.8) is 0 Å². The Morgan fingerprint density at radius 1 is 1.27 bits per heavy atom. The maximum absolute atomic E-state index is 13.5. The summed E-state index contributed by atoms with van der Waals surface area (Å²) in [6, 6.07) is 4.66. The first-order valence-electron chi connectivity index (χ1n) is 5.13. The van der Waals surface area contributed by atoms with Crippen molar-refractivity contribution in [3.8, 4) is 5.75 Å². The van der Waals surface area contributed by atoms with Crippen LogP contribution in [-0.4, -0.2) is 23.1 Å². The van der Waals surface area contributed by atoms with Gasteiger partial charge in [-0.3, -0.25) is 4.90 Å². The molecule has 0 aliphatic rings. The van der Waals surface area contributed by atoms with E-state index in [2.05, 4.69) is 18.7 Å². The molecule has 0 radical (unpaired) electrons. The van der Waals surface area contributed by atoms with Crippen LogP contribution in [0.15, 0.2) is 18.2 Å². The van der Waals surface area contributed by atoms with Crippen molar-refractivity contribution < 1.29 is 9.50 Å². The molecule has 1 rings (SSSR count). The summed E-state index contributed by atoms with van der Waals surface area (Å²) in [5.41, 5.74) is 0.615. The van der Waals surface area contributed by atoms with Crippen LogP contribution in [0.3, 0.4) is 0 Å². The zero-order valence-electron chi connectivity index (χ0n) is 9.66. The van der Waals surface area contributed by atoms with Gasteiger partial charge in [-0.25, -0.2) is 4.39 Å². The fourth-order valence-electron chi connectivity index (χ4n) is 1.52. The van der Waals surface area contributed by atoms with Crippen molar-refractivity contribution in [2.75, 3.05) is 7.05 Å². The predicted molar refractivity (Wildman–Crippen MR) is 59.4 cm³/mol. The Hall–Kier alpha value is -1.09. The second-order valence-corrected chi connectivity index (χ2v) is 4.14. The molecule has 1 aromatic rings. The van der Waals surface area contributed by atoms with Gasteiger partial charge in [-0.1, -0.05) is 6.07 Å². The van der Waals surface area contributed by atoms with E-state index in [1.807, 2.05) is 14.0 Å². The predicted octanol–water partition coefficient (Wildman–Crippen LogP) is 2.93. The molecular formula is C12H18FNO. The molecule has 0 spiro atoms. The van der Waals surface area contributed by atoms with E-state index in [0.717, 1.165) is 6.07 Å². The van der Waals surface area contributed by atoms with Crippen LogP contribution in [0, 0.1) is 5.82 Å². The van der Waals surface area contributed by atoms with Crippen molar-refractivity contribution in [1.82, 2.24) is 4.90 Å². The highest BCUT2D eigenvalue weighted by molar-refractivity contribution is 5.29. The average Bonchev–Trinajstić information content (AvgIpc) is 2.15. The van der Waals surface area contributed by atoms with Crippen molar-refractivity contribution in [2.45, 2.75) is 32.9 Å². The first-order chi connectivity index (χ1) is 6.93. The summed E-state index contributed by atoms with van der Waals surface area (Å²) in [7, 11) is 1.96. The molecule has 1 aromatic carbocycles. The lowest BCUT2D eigenvalue weighted by molar-refractivity contribution is 0.206. The van der Waals surface area contributed by atoms with Gasteiger partial charge in [0, 0.05) is 23.7 Å². The molecule has 0 amide bonds. The van der Waals surface area contributed by atoms with Gasteiger partial charge >= 0.3 is 0 Å². The van der Waals surface area contributed by atoms with Crippen LogP contribution in [0.4, 0.5) is 4.39 Å². The van der Waals surface area contributed by atoms with Gasteiger partial charge in [0.15, 0.2) is 0 Å². The quantitative estimate of drug-likeness (QED) is 0.831. The lowest BCUT2D eigenvalue weighted by Gasteiger charge is -2.29. The second kappa shape index (κ2) is 4.62. The second-order valence-electron chi connectivity index (χ2n) is 4.14. The maximum atomic E-state index is 13.5. The van der Waals surface area contributed by atoms with E-state index < -0.39 is 0 Å². The number of aromatic hydroxyl groups is 1. The molecule has 0 fully saturated rings. The molecular weight excluding hydrogens is 193 g/mol. The molecule has 0 heterocycles. The van der Waals surface area contributed by atoms with E-state index in [4.69, 9.17) is 5.11 Å². The lowest BCUT2D eigenvalue weighted by Crippen LogP contribution is -2.29. The molecule has 15 heavy (non-hydrogen) atoms. The first kappa shape index (κ1) is 12.0. The van der Waals surface area contributed by atoms with Crippen molar-refractivity contribution >= 4 is 0 Å². The summed E-state index contributed by atoms with van der Waals surface area (Å²) in [6.07, 6.45) is 0. The highest BCUT2D eigenvalue weighted by Crippen LogP contribution is 2.25. The highest BCUT2D eigenvalue weighted by Gasteiger charge is 2.17. The van der Waals surface area contributed by atoms with Gasteiger partial charge in [-0.15, -0.1) is 0 Å². The van der Waals surface area contributed by atoms with E-state index in [1.54, 1.807) is 6.07 Å². The monoisotopic (exact) mass is 211 g/mol. The molecule has 0 saturated carbocycles. The van der Waals surface area contributed by atoms with E-state index >= 15 is 0 Å². The minimum absolute atomic E-state index is 0.00519. The van der Waals surface area contributed by atoms with Crippen LogP contribution >= 0.6 is 0 Å². The highest BCUT2D eigenvalue weighted by atomic mass is 19.1. The normalized spacial score (nSPS) is 13.5. The molecule has 1 N–H and O–H groups in total. The molecule has 3 heteroatoms. The minimum Gasteiger partial charge on any atom is -0.508 e. The standard InChI is InChI=1S/C12H18FNO/c1-8(2)14(4)9(3)11-6-5-10(15)7-12(11)13/h5-9,15H,1-4H3. The number of phenols is 1. The van der Waals surface area contributed by atoms with Gasteiger partial charge in [0.05, 0.1) is 0 Å². The topological polar surface area (TPSA) is 23.5 Å². The Morgan fingerprint density at radius 3 is 2.33 bits per heavy atom. The Kier molecular flexibility index (Phi) is 3.69. The Labute approximate surface area is 90.3 Å². The zero-order valence-corrected chi connectivity index (χ0v) is 9.66. The Morgan fingerprint density at radius 2 is 1.87 bits per heavy atom. The number of hydrogen-bond acceptors (Lipinski definition) is 2. The van der Waals surface area contributed by atoms with E-state index in [0.29, 0.717) is 11.6 Å². The molecule has 1 unspecified atom stereocenters. The average molecular weight is 211 g/mol. The van der Waals surface area contributed by atoms with E-state index in [-0.39, 0.29) is 17.6 Å². The van der Waals surface area contributed by atoms with Crippen LogP contribution in [0.25, 0.3) is 0 Å². The summed E-state index contributed by atoms with van der Waals surface area (Å²) in [4.78, 5) is 2.08. The number of rotatable bonds is 3. The largest absolute Gasteiger partial charge is 0.508 e. The molecule has 1 atom stereocenters. The van der Waals surface area contributed by atoms with E-state index in [1.165, 1.54) is 6.07 Å². The van der Waals surface area contributed by atoms with Crippen LogP contribution in [-0.2, 0) is 0 Å². The molecule has 84 valence electrons. The fraction of sp³-hybridized carbons (Fsp3) is 0.500. The number of phenolic OH excluding ortho intramolecular Hbond substituents is 1. The van der Waals surface area contributed by atoms with Crippen molar-refractivity contribution in [1.29, 1.82) is 0 Å². The third kappa shape index (κ3) is 2.69. The third-order valence-electron chi connectivity index (χ3n) is 2.86. The Bertz CT molecular complexity index is 338. The number of halogens is 1. The van der Waals surface area contributed by atoms with Crippen molar-refractivity contribution in [2.24, 2.45) is 0 Å². The maximum Gasteiger partial charge on any atom is 0.131 e. The summed E-state index contributed by atoms with van der Waals surface area (Å²) >= 11 is 0. The molecule has 0 aliphatic carbocycles. The van der Waals surface area contributed by atoms with Gasteiger partial charge in [0.25, 0.3) is 0 Å². The van der Waals surface area contributed by atoms with Gasteiger partial charge in [0.2, 0.25) is 0 Å². The third-order valence-corrected chi connectivity index (χ3v) is 2.86. The van der Waals surface area contributed by atoms with Gasteiger partial charge in [0.1, 0.15) is 11.6 Å². The SMILES string of the molecule is CC(C)N(C)C(C)c1ccc(O)cc1F. The molecule has 0 saturated heterocycles. The molecule has 0 bridgehead atoms. The van der Waals surface area contributed by atoms with Gasteiger partial charge in [-0.2, -0.15) is 0 Å². The Balaban J connectivity index is 2.96. The van der Waals surface area contributed by atoms with Gasteiger partial charge < -0.3 is 5.11 Å². The van der Waals surface area contributed by atoms with Crippen LogP contribution in [0.5, 0.6) is 5.75 Å². The van der Waals surface area contributed by atoms with Crippen LogP contribution < -0.4 is 0 Å². The lowest BCUT2D eigenvalue weighted by atomic mass is 10.1. The summed E-state index contributed by atoms with van der Waals surface area (Å²) in [6.45, 7) is 6.08. The smallest absolute Gasteiger partial charge is 0.131 e. The molecule has 0 aromatic heterocycles. The molecule has 2 nitrogen and oxygen atoms in total. The summed E-state index contributed by atoms with van der Waals surface area (Å²) in [5.74, 6) is -0.384.